The van der Waals surface area contributed by atoms with Gasteiger partial charge in [0.25, 0.3) is 0 Å². The molecule has 1 saturated heterocycles. The van der Waals surface area contributed by atoms with E-state index in [1.54, 1.807) is 11.0 Å². The van der Waals surface area contributed by atoms with E-state index >= 15 is 0 Å². The number of halogens is 1. The first-order chi connectivity index (χ1) is 15.0. The standard InChI is InChI=1S/C23H26FN5O2/c1-28-20-14-17(24)9-10-19(20)27-21(28)11-12-25-22(30)16-6-5-13-29(15-16)23(31)26-18-7-3-2-4-8-18/h2-4,7-10,14,16H,5-6,11-13,15H2,1H3,(H,25,30)(H,26,31). The van der Waals surface area contributed by atoms with E-state index in [1.165, 1.54) is 12.1 Å². The van der Waals surface area contributed by atoms with Crippen LogP contribution in [0.15, 0.2) is 48.5 Å². The van der Waals surface area contributed by atoms with Crippen LogP contribution in [0, 0.1) is 11.7 Å². The van der Waals surface area contributed by atoms with Gasteiger partial charge < -0.3 is 20.1 Å². The Kier molecular flexibility index (Phi) is 6.16. The van der Waals surface area contributed by atoms with Gasteiger partial charge in [0.05, 0.1) is 17.0 Å². The number of aryl methyl sites for hydroxylation is 1. The van der Waals surface area contributed by atoms with Gasteiger partial charge in [-0.25, -0.2) is 14.2 Å². The number of hydrogen-bond acceptors (Lipinski definition) is 3. The summed E-state index contributed by atoms with van der Waals surface area (Å²) < 4.78 is 15.3. The maximum Gasteiger partial charge on any atom is 0.321 e. The van der Waals surface area contributed by atoms with E-state index < -0.39 is 0 Å². The molecule has 1 aromatic heterocycles. The second-order valence-corrected chi connectivity index (χ2v) is 7.84. The Morgan fingerprint density at radius 1 is 1.19 bits per heavy atom. The molecular formula is C23H26FN5O2. The molecule has 1 aliphatic heterocycles. The topological polar surface area (TPSA) is 79.3 Å². The molecule has 4 rings (SSSR count). The van der Waals surface area contributed by atoms with Gasteiger partial charge in [-0.05, 0) is 43.2 Å². The zero-order valence-electron chi connectivity index (χ0n) is 17.5. The van der Waals surface area contributed by atoms with Crippen molar-refractivity contribution < 1.29 is 14.0 Å². The molecule has 31 heavy (non-hydrogen) atoms. The second kappa shape index (κ2) is 9.16. The maximum absolute atomic E-state index is 13.5. The number of carbonyl (C=O) groups excluding carboxylic acids is 2. The van der Waals surface area contributed by atoms with Crippen molar-refractivity contribution >= 4 is 28.7 Å². The predicted octanol–water partition coefficient (Wildman–Crippen LogP) is 3.32. The number of carbonyl (C=O) groups is 2. The molecule has 3 aromatic rings. The molecular weight excluding hydrogens is 397 g/mol. The summed E-state index contributed by atoms with van der Waals surface area (Å²) in [5.74, 6) is 0.203. The molecule has 0 bridgehead atoms. The third-order valence-electron chi connectivity index (χ3n) is 5.69. The smallest absolute Gasteiger partial charge is 0.321 e. The summed E-state index contributed by atoms with van der Waals surface area (Å²) in [6.07, 6.45) is 2.09. The van der Waals surface area contributed by atoms with Crippen molar-refractivity contribution in [2.75, 3.05) is 25.0 Å². The molecule has 0 aliphatic carbocycles. The highest BCUT2D eigenvalue weighted by atomic mass is 19.1. The number of piperidine rings is 1. The average Bonchev–Trinajstić information content (AvgIpc) is 3.09. The molecule has 2 N–H and O–H groups in total. The first-order valence-corrected chi connectivity index (χ1v) is 10.5. The van der Waals surface area contributed by atoms with Gasteiger partial charge in [-0.1, -0.05) is 18.2 Å². The monoisotopic (exact) mass is 423 g/mol. The Morgan fingerprint density at radius 2 is 2.00 bits per heavy atom. The Balaban J connectivity index is 1.29. The van der Waals surface area contributed by atoms with Crippen molar-refractivity contribution in [3.8, 4) is 0 Å². The minimum atomic E-state index is -0.298. The number of amides is 3. The molecule has 1 unspecified atom stereocenters. The number of aromatic nitrogens is 2. The predicted molar refractivity (Wildman–Crippen MR) is 117 cm³/mol. The number of anilines is 1. The van der Waals surface area contributed by atoms with Crippen LogP contribution in [-0.4, -0.2) is 46.0 Å². The van der Waals surface area contributed by atoms with Crippen molar-refractivity contribution in [2.24, 2.45) is 13.0 Å². The van der Waals surface area contributed by atoms with E-state index in [2.05, 4.69) is 15.6 Å². The SMILES string of the molecule is Cn1c(CCNC(=O)C2CCCN(C(=O)Nc3ccccc3)C2)nc2ccc(F)cc21. The van der Waals surface area contributed by atoms with E-state index in [0.29, 0.717) is 26.1 Å². The Labute approximate surface area is 180 Å². The van der Waals surface area contributed by atoms with E-state index in [-0.39, 0.29) is 23.7 Å². The summed E-state index contributed by atoms with van der Waals surface area (Å²) >= 11 is 0. The van der Waals surface area contributed by atoms with Crippen LogP contribution >= 0.6 is 0 Å². The Hall–Kier alpha value is -3.42. The van der Waals surface area contributed by atoms with Gasteiger partial charge in [0.15, 0.2) is 0 Å². The van der Waals surface area contributed by atoms with Crippen molar-refractivity contribution in [2.45, 2.75) is 19.3 Å². The minimum Gasteiger partial charge on any atom is -0.355 e. The number of benzene rings is 2. The van der Waals surface area contributed by atoms with Crippen molar-refractivity contribution in [3.63, 3.8) is 0 Å². The molecule has 162 valence electrons. The Morgan fingerprint density at radius 3 is 2.81 bits per heavy atom. The van der Waals surface area contributed by atoms with Crippen LogP contribution in [0.4, 0.5) is 14.9 Å². The number of fused-ring (bicyclic) bond motifs is 1. The van der Waals surface area contributed by atoms with Crippen LogP contribution in [0.1, 0.15) is 18.7 Å². The highest BCUT2D eigenvalue weighted by Gasteiger charge is 2.28. The van der Waals surface area contributed by atoms with Crippen LogP contribution < -0.4 is 10.6 Å². The van der Waals surface area contributed by atoms with Gasteiger partial charge >= 0.3 is 6.03 Å². The number of imidazole rings is 1. The zero-order valence-corrected chi connectivity index (χ0v) is 17.5. The zero-order chi connectivity index (χ0) is 21.8. The largest absolute Gasteiger partial charge is 0.355 e. The average molecular weight is 423 g/mol. The van der Waals surface area contributed by atoms with E-state index in [9.17, 15) is 14.0 Å². The van der Waals surface area contributed by atoms with Gasteiger partial charge in [0, 0.05) is 38.8 Å². The summed E-state index contributed by atoms with van der Waals surface area (Å²) in [4.78, 5) is 31.4. The lowest BCUT2D eigenvalue weighted by Gasteiger charge is -2.32. The lowest BCUT2D eigenvalue weighted by atomic mass is 9.97. The van der Waals surface area contributed by atoms with Gasteiger partial charge in [-0.3, -0.25) is 4.79 Å². The summed E-state index contributed by atoms with van der Waals surface area (Å²) in [5, 5.41) is 5.84. The molecule has 1 aliphatic rings. The fourth-order valence-electron chi connectivity index (χ4n) is 3.98. The van der Waals surface area contributed by atoms with Gasteiger partial charge in [-0.2, -0.15) is 0 Å². The van der Waals surface area contributed by atoms with E-state index in [0.717, 1.165) is 35.4 Å². The summed E-state index contributed by atoms with van der Waals surface area (Å²) in [7, 11) is 1.84. The fourth-order valence-corrected chi connectivity index (χ4v) is 3.98. The van der Waals surface area contributed by atoms with E-state index in [1.807, 2.05) is 41.9 Å². The van der Waals surface area contributed by atoms with Crippen molar-refractivity contribution in [1.82, 2.24) is 19.8 Å². The highest BCUT2D eigenvalue weighted by Crippen LogP contribution is 2.19. The molecule has 0 saturated carbocycles. The maximum atomic E-state index is 13.5. The normalized spacial score (nSPS) is 16.3. The van der Waals surface area contributed by atoms with Crippen LogP contribution in [0.5, 0.6) is 0 Å². The highest BCUT2D eigenvalue weighted by molar-refractivity contribution is 5.90. The molecule has 2 heterocycles. The number of rotatable bonds is 5. The second-order valence-electron chi connectivity index (χ2n) is 7.84. The third-order valence-corrected chi connectivity index (χ3v) is 5.69. The molecule has 0 radical (unpaired) electrons. The van der Waals surface area contributed by atoms with Crippen molar-refractivity contribution in [3.05, 3.63) is 60.2 Å². The molecule has 3 amide bonds. The van der Waals surface area contributed by atoms with E-state index in [4.69, 9.17) is 0 Å². The van der Waals surface area contributed by atoms with Crippen LogP contribution in [-0.2, 0) is 18.3 Å². The number of nitrogens with one attached hydrogen (secondary N) is 2. The van der Waals surface area contributed by atoms with Crippen LogP contribution in [0.2, 0.25) is 0 Å². The molecule has 0 spiro atoms. The molecule has 8 heteroatoms. The quantitative estimate of drug-likeness (QED) is 0.661. The summed E-state index contributed by atoms with van der Waals surface area (Å²) in [6, 6.07) is 13.6. The number of hydrogen-bond donors (Lipinski definition) is 2. The molecule has 1 fully saturated rings. The number of urea groups is 1. The summed E-state index contributed by atoms with van der Waals surface area (Å²) in [5.41, 5.74) is 2.20. The number of likely N-dealkylation sites (tertiary alicyclic amines) is 1. The minimum absolute atomic E-state index is 0.0537. The third kappa shape index (κ3) is 4.84. The fraction of sp³-hybridized carbons (Fsp3) is 0.348. The van der Waals surface area contributed by atoms with Gasteiger partial charge in [-0.15, -0.1) is 0 Å². The summed E-state index contributed by atoms with van der Waals surface area (Å²) in [6.45, 7) is 1.47. The number of nitrogens with zero attached hydrogens (tertiary/aromatic N) is 3. The molecule has 7 nitrogen and oxygen atoms in total. The molecule has 2 aromatic carbocycles. The van der Waals surface area contributed by atoms with Crippen LogP contribution in [0.25, 0.3) is 11.0 Å². The lowest BCUT2D eigenvalue weighted by molar-refractivity contribution is -0.126. The van der Waals surface area contributed by atoms with Crippen molar-refractivity contribution in [1.29, 1.82) is 0 Å². The first-order valence-electron chi connectivity index (χ1n) is 10.5. The van der Waals surface area contributed by atoms with Gasteiger partial charge in [0.2, 0.25) is 5.91 Å². The first kappa shape index (κ1) is 20.8. The number of para-hydroxylation sites is 1. The van der Waals surface area contributed by atoms with Crippen LogP contribution in [0.3, 0.4) is 0 Å². The molecule has 1 atom stereocenters. The Bertz CT molecular complexity index is 1080. The van der Waals surface area contributed by atoms with Gasteiger partial charge in [0.1, 0.15) is 11.6 Å². The lowest BCUT2D eigenvalue weighted by Crippen LogP contribution is -2.47.